The maximum Gasteiger partial charge on any atom is 0.136 e. The third-order valence-corrected chi connectivity index (χ3v) is 5.12. The van der Waals surface area contributed by atoms with Gasteiger partial charge in [0.15, 0.2) is 0 Å². The van der Waals surface area contributed by atoms with Crippen LogP contribution in [0.15, 0.2) is 0 Å². The summed E-state index contributed by atoms with van der Waals surface area (Å²) in [5, 5.41) is 0. The molecular weight excluding hydrogens is 220 g/mol. The van der Waals surface area contributed by atoms with Gasteiger partial charge in [0.25, 0.3) is 0 Å². The van der Waals surface area contributed by atoms with Gasteiger partial charge in [-0.3, -0.25) is 4.79 Å². The van der Waals surface area contributed by atoms with Crippen molar-refractivity contribution in [2.45, 2.75) is 78.6 Å². The van der Waals surface area contributed by atoms with Crippen molar-refractivity contribution in [3.8, 4) is 0 Å². The first-order chi connectivity index (χ1) is 8.46. The topological polar surface area (TPSA) is 17.1 Å². The molecule has 2 fully saturated rings. The average Bonchev–Trinajstić information content (AvgIpc) is 2.34. The van der Waals surface area contributed by atoms with Gasteiger partial charge in [-0.25, -0.2) is 0 Å². The predicted octanol–water partition coefficient (Wildman–Crippen LogP) is 4.99. The van der Waals surface area contributed by atoms with Gasteiger partial charge in [0, 0.05) is 12.3 Å². The van der Waals surface area contributed by atoms with Crippen LogP contribution in [-0.4, -0.2) is 5.78 Å². The van der Waals surface area contributed by atoms with E-state index in [0.29, 0.717) is 17.1 Å². The van der Waals surface area contributed by atoms with Crippen molar-refractivity contribution in [2.24, 2.45) is 23.2 Å². The molecule has 0 aromatic carbocycles. The SMILES string of the molecule is CC(C)(C)CCC(=O)C1CCC2CCCCC2C1. The molecule has 0 aliphatic heterocycles. The highest BCUT2D eigenvalue weighted by Gasteiger charge is 2.34. The zero-order valence-electron chi connectivity index (χ0n) is 12.5. The third kappa shape index (κ3) is 3.83. The van der Waals surface area contributed by atoms with E-state index in [2.05, 4.69) is 20.8 Å². The molecule has 0 radical (unpaired) electrons. The molecule has 0 aromatic rings. The van der Waals surface area contributed by atoms with Gasteiger partial charge < -0.3 is 0 Å². The monoisotopic (exact) mass is 250 g/mol. The Kier molecular flexibility index (Phi) is 4.50. The van der Waals surface area contributed by atoms with Crippen molar-refractivity contribution in [1.29, 1.82) is 0 Å². The number of carbonyl (C=O) groups is 1. The highest BCUT2D eigenvalue weighted by Crippen LogP contribution is 2.43. The average molecular weight is 250 g/mol. The second-order valence-electron chi connectivity index (χ2n) is 7.84. The summed E-state index contributed by atoms with van der Waals surface area (Å²) in [4.78, 5) is 12.3. The summed E-state index contributed by atoms with van der Waals surface area (Å²) in [7, 11) is 0. The van der Waals surface area contributed by atoms with Gasteiger partial charge in [-0.1, -0.05) is 46.5 Å². The Labute approximate surface area is 113 Å². The molecule has 2 aliphatic carbocycles. The van der Waals surface area contributed by atoms with Crippen molar-refractivity contribution in [2.75, 3.05) is 0 Å². The van der Waals surface area contributed by atoms with Crippen LogP contribution >= 0.6 is 0 Å². The Morgan fingerprint density at radius 3 is 2.33 bits per heavy atom. The standard InChI is InChI=1S/C17H30O/c1-17(2,3)11-10-16(18)15-9-8-13-6-4-5-7-14(13)12-15/h13-15H,4-12H2,1-3H3. The fraction of sp³-hybridized carbons (Fsp3) is 0.941. The van der Waals surface area contributed by atoms with Gasteiger partial charge >= 0.3 is 0 Å². The first kappa shape index (κ1) is 14.1. The third-order valence-electron chi connectivity index (χ3n) is 5.12. The molecule has 104 valence electrons. The summed E-state index contributed by atoms with van der Waals surface area (Å²) in [5.41, 5.74) is 0.303. The summed E-state index contributed by atoms with van der Waals surface area (Å²) in [5.74, 6) is 2.82. The minimum absolute atomic E-state index is 0.303. The van der Waals surface area contributed by atoms with E-state index in [-0.39, 0.29) is 0 Å². The highest BCUT2D eigenvalue weighted by atomic mass is 16.1. The number of hydrogen-bond donors (Lipinski definition) is 0. The maximum absolute atomic E-state index is 12.3. The second-order valence-corrected chi connectivity index (χ2v) is 7.84. The van der Waals surface area contributed by atoms with Crippen LogP contribution in [0.2, 0.25) is 0 Å². The van der Waals surface area contributed by atoms with Crippen molar-refractivity contribution in [1.82, 2.24) is 0 Å². The van der Waals surface area contributed by atoms with E-state index >= 15 is 0 Å². The van der Waals surface area contributed by atoms with Gasteiger partial charge in [0.1, 0.15) is 5.78 Å². The molecule has 2 rings (SSSR count). The lowest BCUT2D eigenvalue weighted by molar-refractivity contribution is -0.125. The number of hydrogen-bond acceptors (Lipinski definition) is 1. The van der Waals surface area contributed by atoms with E-state index in [1.54, 1.807) is 0 Å². The predicted molar refractivity (Wildman–Crippen MR) is 76.5 cm³/mol. The summed E-state index contributed by atoms with van der Waals surface area (Å²) in [6.45, 7) is 6.70. The van der Waals surface area contributed by atoms with Gasteiger partial charge in [0.2, 0.25) is 0 Å². The molecule has 0 heterocycles. The Morgan fingerprint density at radius 1 is 1.00 bits per heavy atom. The van der Waals surface area contributed by atoms with E-state index in [9.17, 15) is 4.79 Å². The number of rotatable bonds is 3. The smallest absolute Gasteiger partial charge is 0.136 e. The Balaban J connectivity index is 1.81. The quantitative estimate of drug-likeness (QED) is 0.689. The Morgan fingerprint density at radius 2 is 1.67 bits per heavy atom. The lowest BCUT2D eigenvalue weighted by atomic mass is 9.66. The zero-order chi connectivity index (χ0) is 13.2. The first-order valence-electron chi connectivity index (χ1n) is 7.98. The molecule has 0 spiro atoms. The number of carbonyl (C=O) groups excluding carboxylic acids is 1. The summed E-state index contributed by atoms with van der Waals surface area (Å²) in [6, 6.07) is 0. The van der Waals surface area contributed by atoms with Crippen molar-refractivity contribution < 1.29 is 4.79 Å². The molecule has 1 heteroatoms. The molecule has 0 saturated heterocycles. The molecule has 2 aliphatic rings. The van der Waals surface area contributed by atoms with Crippen LogP contribution in [0.25, 0.3) is 0 Å². The Hall–Kier alpha value is -0.330. The van der Waals surface area contributed by atoms with Crippen molar-refractivity contribution in [3.05, 3.63) is 0 Å². The normalized spacial score (nSPS) is 32.9. The minimum Gasteiger partial charge on any atom is -0.299 e. The summed E-state index contributed by atoms with van der Waals surface area (Å²) < 4.78 is 0. The van der Waals surface area contributed by atoms with E-state index in [1.165, 1.54) is 44.9 Å². The molecule has 3 unspecified atom stereocenters. The van der Waals surface area contributed by atoms with Gasteiger partial charge in [-0.15, -0.1) is 0 Å². The number of fused-ring (bicyclic) bond motifs is 1. The molecule has 18 heavy (non-hydrogen) atoms. The minimum atomic E-state index is 0.303. The van der Waals surface area contributed by atoms with Crippen LogP contribution in [0.1, 0.15) is 78.6 Å². The molecule has 3 atom stereocenters. The maximum atomic E-state index is 12.3. The van der Waals surface area contributed by atoms with E-state index in [4.69, 9.17) is 0 Å². The van der Waals surface area contributed by atoms with Crippen molar-refractivity contribution >= 4 is 5.78 Å². The number of Topliss-reactive ketones (excluding diaryl/α,β-unsaturated/α-hetero) is 1. The molecular formula is C17H30O. The lowest BCUT2D eigenvalue weighted by Crippen LogP contribution is -2.31. The van der Waals surface area contributed by atoms with E-state index in [0.717, 1.165) is 24.7 Å². The van der Waals surface area contributed by atoms with Crippen LogP contribution in [-0.2, 0) is 4.79 Å². The molecule has 2 saturated carbocycles. The molecule has 0 bridgehead atoms. The van der Waals surface area contributed by atoms with E-state index in [1.807, 2.05) is 0 Å². The van der Waals surface area contributed by atoms with Crippen LogP contribution in [0.5, 0.6) is 0 Å². The summed E-state index contributed by atoms with van der Waals surface area (Å²) in [6.07, 6.45) is 11.3. The van der Waals surface area contributed by atoms with Gasteiger partial charge in [-0.2, -0.15) is 0 Å². The lowest BCUT2D eigenvalue weighted by Gasteiger charge is -2.39. The van der Waals surface area contributed by atoms with Gasteiger partial charge in [0.05, 0.1) is 0 Å². The van der Waals surface area contributed by atoms with Crippen LogP contribution < -0.4 is 0 Å². The second kappa shape index (κ2) is 5.75. The van der Waals surface area contributed by atoms with Gasteiger partial charge in [-0.05, 0) is 42.9 Å². The fourth-order valence-electron chi connectivity index (χ4n) is 3.87. The van der Waals surface area contributed by atoms with Crippen LogP contribution in [0.3, 0.4) is 0 Å². The Bertz CT molecular complexity index is 286. The van der Waals surface area contributed by atoms with E-state index < -0.39 is 0 Å². The molecule has 0 aromatic heterocycles. The molecule has 1 nitrogen and oxygen atoms in total. The van der Waals surface area contributed by atoms with Crippen molar-refractivity contribution in [3.63, 3.8) is 0 Å². The first-order valence-corrected chi connectivity index (χ1v) is 7.98. The zero-order valence-corrected chi connectivity index (χ0v) is 12.5. The highest BCUT2D eigenvalue weighted by molar-refractivity contribution is 5.81. The largest absolute Gasteiger partial charge is 0.299 e. The molecule has 0 N–H and O–H groups in total. The fourth-order valence-corrected chi connectivity index (χ4v) is 3.87. The summed E-state index contributed by atoms with van der Waals surface area (Å²) >= 11 is 0. The molecule has 0 amide bonds. The number of ketones is 1. The van der Waals surface area contributed by atoms with Crippen LogP contribution in [0, 0.1) is 23.2 Å². The van der Waals surface area contributed by atoms with Crippen LogP contribution in [0.4, 0.5) is 0 Å².